The molecule has 0 bridgehead atoms. The lowest BCUT2D eigenvalue weighted by Gasteiger charge is -2.38. The van der Waals surface area contributed by atoms with Gasteiger partial charge in [-0.05, 0) is 50.2 Å². The molecule has 0 aliphatic heterocycles. The maximum atomic E-state index is 12.8. The molecule has 1 fully saturated rings. The van der Waals surface area contributed by atoms with Gasteiger partial charge in [0.15, 0.2) is 0 Å². The van der Waals surface area contributed by atoms with Gasteiger partial charge in [0.2, 0.25) is 0 Å². The lowest BCUT2D eigenvalue weighted by Crippen LogP contribution is -2.37. The number of hydrogen-bond donors (Lipinski definition) is 0. The molecule has 144 valence electrons. The van der Waals surface area contributed by atoms with Crippen LogP contribution in [-0.2, 0) is 22.4 Å². The first kappa shape index (κ1) is 18.3. The SMILES string of the molecule is CCOC(=O)n1c2c(c3ccccc31)C[C@H](C(C)=O)[C@H](C1CCCCC1)C2. The second kappa shape index (κ2) is 7.49. The molecule has 2 aliphatic carbocycles. The van der Waals surface area contributed by atoms with Crippen LogP contribution in [0.25, 0.3) is 10.9 Å². The monoisotopic (exact) mass is 367 g/mol. The molecule has 1 aromatic carbocycles. The van der Waals surface area contributed by atoms with Gasteiger partial charge in [0.25, 0.3) is 0 Å². The number of nitrogens with zero attached hydrogens (tertiary/aromatic N) is 1. The van der Waals surface area contributed by atoms with Gasteiger partial charge in [0.05, 0.1) is 12.1 Å². The number of hydrogen-bond acceptors (Lipinski definition) is 3. The maximum absolute atomic E-state index is 12.8. The summed E-state index contributed by atoms with van der Waals surface area (Å²) in [5.41, 5.74) is 3.15. The van der Waals surface area contributed by atoms with E-state index in [0.29, 0.717) is 24.2 Å². The normalized spacial score (nSPS) is 23.2. The summed E-state index contributed by atoms with van der Waals surface area (Å²) in [4.78, 5) is 25.3. The Hall–Kier alpha value is -2.10. The minimum Gasteiger partial charge on any atom is -0.449 e. The van der Waals surface area contributed by atoms with E-state index in [2.05, 4.69) is 6.07 Å². The Kier molecular flexibility index (Phi) is 5.07. The van der Waals surface area contributed by atoms with Crippen LogP contribution >= 0.6 is 0 Å². The quantitative estimate of drug-likeness (QED) is 0.754. The van der Waals surface area contributed by atoms with Crippen molar-refractivity contribution in [3.63, 3.8) is 0 Å². The molecule has 1 heterocycles. The van der Waals surface area contributed by atoms with Crippen LogP contribution in [0.4, 0.5) is 4.79 Å². The van der Waals surface area contributed by atoms with Gasteiger partial charge >= 0.3 is 6.09 Å². The van der Waals surface area contributed by atoms with E-state index in [1.54, 1.807) is 11.5 Å². The van der Waals surface area contributed by atoms with Crippen molar-refractivity contribution < 1.29 is 14.3 Å². The minimum atomic E-state index is -0.293. The van der Waals surface area contributed by atoms with E-state index in [1.165, 1.54) is 37.7 Å². The third-order valence-electron chi connectivity index (χ3n) is 6.69. The minimum absolute atomic E-state index is 0.0713. The van der Waals surface area contributed by atoms with Crippen molar-refractivity contribution in [2.24, 2.45) is 17.8 Å². The standard InChI is InChI=1S/C23H29NO3/c1-3-27-23(26)24-21-12-8-7-11-17(21)20-13-18(15(2)25)19(14-22(20)24)16-9-5-4-6-10-16/h7-8,11-12,16,18-19H,3-6,9-10,13-14H2,1-2H3/t18-,19+/m1/s1. The predicted molar refractivity (Wildman–Crippen MR) is 106 cm³/mol. The number of carbonyl (C=O) groups excluding carboxylic acids is 2. The zero-order valence-electron chi connectivity index (χ0n) is 16.4. The van der Waals surface area contributed by atoms with Crippen molar-refractivity contribution in [1.82, 2.24) is 4.57 Å². The van der Waals surface area contributed by atoms with Gasteiger partial charge in [0.1, 0.15) is 5.78 Å². The van der Waals surface area contributed by atoms with E-state index in [1.807, 2.05) is 25.1 Å². The molecule has 0 unspecified atom stereocenters. The molecule has 4 nitrogen and oxygen atoms in total. The van der Waals surface area contributed by atoms with Crippen molar-refractivity contribution in [3.8, 4) is 0 Å². The van der Waals surface area contributed by atoms with Crippen LogP contribution in [0.2, 0.25) is 0 Å². The summed E-state index contributed by atoms with van der Waals surface area (Å²) in [6.45, 7) is 3.95. The molecule has 0 N–H and O–H groups in total. The fourth-order valence-electron chi connectivity index (χ4n) is 5.44. The molecule has 27 heavy (non-hydrogen) atoms. The maximum Gasteiger partial charge on any atom is 0.418 e. The van der Waals surface area contributed by atoms with Crippen LogP contribution in [0, 0.1) is 17.8 Å². The number of rotatable bonds is 3. The zero-order valence-corrected chi connectivity index (χ0v) is 16.4. The number of benzene rings is 1. The second-order valence-electron chi connectivity index (χ2n) is 8.16. The number of Topliss-reactive ketones (excluding diaryl/α,β-unsaturated/α-hetero) is 1. The number of aromatic nitrogens is 1. The lowest BCUT2D eigenvalue weighted by molar-refractivity contribution is -0.123. The van der Waals surface area contributed by atoms with Gasteiger partial charge in [-0.1, -0.05) is 50.3 Å². The van der Waals surface area contributed by atoms with Gasteiger partial charge in [-0.15, -0.1) is 0 Å². The molecule has 0 amide bonds. The number of para-hydroxylation sites is 1. The fraction of sp³-hybridized carbons (Fsp3) is 0.565. The molecule has 0 spiro atoms. The van der Waals surface area contributed by atoms with Crippen LogP contribution in [0.5, 0.6) is 0 Å². The van der Waals surface area contributed by atoms with E-state index in [-0.39, 0.29) is 12.0 Å². The molecule has 0 radical (unpaired) electrons. The van der Waals surface area contributed by atoms with E-state index in [9.17, 15) is 9.59 Å². The summed E-state index contributed by atoms with van der Waals surface area (Å²) >= 11 is 0. The first-order valence-corrected chi connectivity index (χ1v) is 10.4. The Balaban J connectivity index is 1.82. The summed E-state index contributed by atoms with van der Waals surface area (Å²) in [7, 11) is 0. The fourth-order valence-corrected chi connectivity index (χ4v) is 5.44. The molecule has 4 heteroatoms. The Morgan fingerprint density at radius 1 is 1.11 bits per heavy atom. The average molecular weight is 367 g/mol. The summed E-state index contributed by atoms with van der Waals surface area (Å²) in [5, 5.41) is 1.09. The molecule has 4 rings (SSSR count). The topological polar surface area (TPSA) is 48.3 Å². The average Bonchev–Trinajstić information content (AvgIpc) is 3.01. The largest absolute Gasteiger partial charge is 0.449 e. The molecule has 0 saturated heterocycles. The van der Waals surface area contributed by atoms with E-state index >= 15 is 0 Å². The van der Waals surface area contributed by atoms with Crippen LogP contribution in [0.3, 0.4) is 0 Å². The highest BCUT2D eigenvalue weighted by molar-refractivity contribution is 5.94. The number of fused-ring (bicyclic) bond motifs is 3. The Bertz CT molecular complexity index is 860. The van der Waals surface area contributed by atoms with Gasteiger partial charge in [0, 0.05) is 17.0 Å². The van der Waals surface area contributed by atoms with Crippen molar-refractivity contribution in [2.45, 2.75) is 58.8 Å². The highest BCUT2D eigenvalue weighted by Gasteiger charge is 2.40. The summed E-state index contributed by atoms with van der Waals surface area (Å²) in [6.07, 6.45) is 7.52. The lowest BCUT2D eigenvalue weighted by atomic mass is 9.66. The van der Waals surface area contributed by atoms with Gasteiger partial charge in [-0.2, -0.15) is 0 Å². The van der Waals surface area contributed by atoms with E-state index in [0.717, 1.165) is 29.4 Å². The van der Waals surface area contributed by atoms with Gasteiger partial charge < -0.3 is 4.74 Å². The highest BCUT2D eigenvalue weighted by atomic mass is 16.5. The number of ketones is 1. The van der Waals surface area contributed by atoms with Crippen molar-refractivity contribution in [1.29, 1.82) is 0 Å². The van der Waals surface area contributed by atoms with Crippen LogP contribution in [0.15, 0.2) is 24.3 Å². The first-order valence-electron chi connectivity index (χ1n) is 10.4. The Morgan fingerprint density at radius 2 is 1.85 bits per heavy atom. The Morgan fingerprint density at radius 3 is 2.56 bits per heavy atom. The second-order valence-corrected chi connectivity index (χ2v) is 8.16. The molecule has 2 aliphatic rings. The van der Waals surface area contributed by atoms with Crippen molar-refractivity contribution in [2.75, 3.05) is 6.61 Å². The van der Waals surface area contributed by atoms with Gasteiger partial charge in [-0.3, -0.25) is 4.79 Å². The molecular formula is C23H29NO3. The van der Waals surface area contributed by atoms with E-state index in [4.69, 9.17) is 4.74 Å². The third kappa shape index (κ3) is 3.19. The number of ether oxygens (including phenoxy) is 1. The van der Waals surface area contributed by atoms with E-state index < -0.39 is 0 Å². The molecule has 1 saturated carbocycles. The van der Waals surface area contributed by atoms with Crippen LogP contribution < -0.4 is 0 Å². The van der Waals surface area contributed by atoms with Crippen LogP contribution in [-0.4, -0.2) is 23.1 Å². The Labute approximate surface area is 160 Å². The number of carbonyl (C=O) groups is 2. The zero-order chi connectivity index (χ0) is 19.0. The predicted octanol–water partition coefficient (Wildman–Crippen LogP) is 5.15. The van der Waals surface area contributed by atoms with Gasteiger partial charge in [-0.25, -0.2) is 9.36 Å². The summed E-state index contributed by atoms with van der Waals surface area (Å²) < 4.78 is 7.15. The first-order chi connectivity index (χ1) is 13.1. The van der Waals surface area contributed by atoms with Crippen LogP contribution in [0.1, 0.15) is 57.2 Å². The van der Waals surface area contributed by atoms with Crippen molar-refractivity contribution in [3.05, 3.63) is 35.5 Å². The summed E-state index contributed by atoms with van der Waals surface area (Å²) in [6, 6.07) is 8.03. The smallest absolute Gasteiger partial charge is 0.418 e. The molecule has 1 aromatic heterocycles. The third-order valence-corrected chi connectivity index (χ3v) is 6.69. The molecular weight excluding hydrogens is 338 g/mol. The molecule has 2 aromatic rings. The van der Waals surface area contributed by atoms with Crippen molar-refractivity contribution >= 4 is 22.8 Å². The summed E-state index contributed by atoms with van der Waals surface area (Å²) in [5.74, 6) is 1.30. The molecule has 2 atom stereocenters. The highest BCUT2D eigenvalue weighted by Crippen LogP contribution is 2.44.